The standard InChI is InChI=1S/C13H14N2OS/c1-13(2)14-10(12(15-13)17-3)11(16)9-7-5-4-6-8-9/h4-8H,1-3H3. The van der Waals surface area contributed by atoms with Crippen molar-refractivity contribution in [2.45, 2.75) is 19.5 Å². The quantitative estimate of drug-likeness (QED) is 0.753. The van der Waals surface area contributed by atoms with Crippen LogP contribution in [0.4, 0.5) is 0 Å². The first-order valence-electron chi connectivity index (χ1n) is 5.37. The molecule has 17 heavy (non-hydrogen) atoms. The Bertz CT molecular complexity index is 503. The summed E-state index contributed by atoms with van der Waals surface area (Å²) < 4.78 is 0. The van der Waals surface area contributed by atoms with Gasteiger partial charge in [0.05, 0.1) is 0 Å². The zero-order valence-corrected chi connectivity index (χ0v) is 10.9. The predicted octanol–water partition coefficient (Wildman–Crippen LogP) is 2.82. The summed E-state index contributed by atoms with van der Waals surface area (Å²) in [4.78, 5) is 21.1. The maximum atomic E-state index is 12.3. The number of benzene rings is 1. The van der Waals surface area contributed by atoms with Crippen molar-refractivity contribution in [1.29, 1.82) is 0 Å². The lowest BCUT2D eigenvalue weighted by molar-refractivity contribution is 0.106. The fourth-order valence-corrected chi connectivity index (χ4v) is 2.31. The summed E-state index contributed by atoms with van der Waals surface area (Å²) >= 11 is 1.46. The van der Waals surface area contributed by atoms with E-state index in [1.54, 1.807) is 12.1 Å². The summed E-state index contributed by atoms with van der Waals surface area (Å²) in [5.74, 6) is -0.0516. The van der Waals surface area contributed by atoms with E-state index in [1.807, 2.05) is 38.3 Å². The fourth-order valence-electron chi connectivity index (χ4n) is 1.66. The van der Waals surface area contributed by atoms with Gasteiger partial charge in [0.1, 0.15) is 16.4 Å². The van der Waals surface area contributed by atoms with Gasteiger partial charge in [0.15, 0.2) is 0 Å². The molecule has 1 aliphatic rings. The predicted molar refractivity (Wildman–Crippen MR) is 73.2 cm³/mol. The van der Waals surface area contributed by atoms with Gasteiger partial charge in [-0.25, -0.2) is 9.98 Å². The SMILES string of the molecule is CSC1=NC(C)(C)N=C1C(=O)c1ccccc1. The molecule has 0 spiro atoms. The molecular formula is C13H14N2OS. The average Bonchev–Trinajstić information content (AvgIpc) is 2.65. The molecule has 0 N–H and O–H groups in total. The van der Waals surface area contributed by atoms with Crippen LogP contribution in [0.25, 0.3) is 0 Å². The smallest absolute Gasteiger partial charge is 0.213 e. The van der Waals surface area contributed by atoms with Crippen molar-refractivity contribution < 1.29 is 4.79 Å². The topological polar surface area (TPSA) is 41.8 Å². The van der Waals surface area contributed by atoms with Gasteiger partial charge in [-0.2, -0.15) is 0 Å². The van der Waals surface area contributed by atoms with Gasteiger partial charge in [0.2, 0.25) is 5.78 Å². The molecule has 1 heterocycles. The Balaban J connectivity index is 2.37. The van der Waals surface area contributed by atoms with Gasteiger partial charge >= 0.3 is 0 Å². The van der Waals surface area contributed by atoms with Crippen LogP contribution in [0.2, 0.25) is 0 Å². The summed E-state index contributed by atoms with van der Waals surface area (Å²) in [5, 5.41) is 0.726. The van der Waals surface area contributed by atoms with Gasteiger partial charge in [-0.3, -0.25) is 4.79 Å². The van der Waals surface area contributed by atoms with Crippen LogP contribution >= 0.6 is 11.8 Å². The minimum Gasteiger partial charge on any atom is -0.287 e. The summed E-state index contributed by atoms with van der Waals surface area (Å²) in [6.07, 6.45) is 1.91. The lowest BCUT2D eigenvalue weighted by Crippen LogP contribution is -2.20. The summed E-state index contributed by atoms with van der Waals surface area (Å²) in [6, 6.07) is 9.19. The number of aliphatic imine (C=N–C) groups is 2. The van der Waals surface area contributed by atoms with Crippen molar-refractivity contribution in [3.05, 3.63) is 35.9 Å². The number of rotatable bonds is 2. The maximum absolute atomic E-state index is 12.3. The van der Waals surface area contributed by atoms with Crippen LogP contribution in [0, 0.1) is 0 Å². The van der Waals surface area contributed by atoms with Crippen molar-refractivity contribution in [3.8, 4) is 0 Å². The highest BCUT2D eigenvalue weighted by atomic mass is 32.2. The van der Waals surface area contributed by atoms with Crippen LogP contribution < -0.4 is 0 Å². The van der Waals surface area contributed by atoms with Crippen LogP contribution in [-0.2, 0) is 0 Å². The van der Waals surface area contributed by atoms with Crippen LogP contribution in [0.3, 0.4) is 0 Å². The van der Waals surface area contributed by atoms with Crippen molar-refractivity contribution in [2.24, 2.45) is 9.98 Å². The number of hydrogen-bond donors (Lipinski definition) is 0. The molecule has 0 atom stereocenters. The molecule has 88 valence electrons. The Labute approximate surface area is 105 Å². The molecule has 4 heteroatoms. The molecule has 0 saturated heterocycles. The molecule has 0 fully saturated rings. The van der Waals surface area contributed by atoms with E-state index < -0.39 is 5.66 Å². The summed E-state index contributed by atoms with van der Waals surface area (Å²) in [5.41, 5.74) is 0.623. The fraction of sp³-hybridized carbons (Fsp3) is 0.308. The average molecular weight is 246 g/mol. The highest BCUT2D eigenvalue weighted by molar-refractivity contribution is 8.15. The number of nitrogens with zero attached hydrogens (tertiary/aromatic N) is 2. The summed E-state index contributed by atoms with van der Waals surface area (Å²) in [7, 11) is 0. The third-order valence-corrected chi connectivity index (χ3v) is 3.08. The van der Waals surface area contributed by atoms with E-state index in [4.69, 9.17) is 0 Å². The highest BCUT2D eigenvalue weighted by Gasteiger charge is 2.30. The van der Waals surface area contributed by atoms with Crippen molar-refractivity contribution in [1.82, 2.24) is 0 Å². The third-order valence-electron chi connectivity index (χ3n) is 2.41. The van der Waals surface area contributed by atoms with Gasteiger partial charge in [0.25, 0.3) is 0 Å². The van der Waals surface area contributed by atoms with Gasteiger partial charge in [0, 0.05) is 5.56 Å². The maximum Gasteiger partial charge on any atom is 0.213 e. The largest absolute Gasteiger partial charge is 0.287 e. The third kappa shape index (κ3) is 2.47. The first-order chi connectivity index (χ1) is 8.03. The Morgan fingerprint density at radius 1 is 1.18 bits per heavy atom. The molecule has 1 aromatic carbocycles. The first-order valence-corrected chi connectivity index (χ1v) is 6.60. The second-order valence-corrected chi connectivity index (χ2v) is 5.07. The van der Waals surface area contributed by atoms with Gasteiger partial charge in [-0.05, 0) is 20.1 Å². The van der Waals surface area contributed by atoms with E-state index >= 15 is 0 Å². The summed E-state index contributed by atoms with van der Waals surface area (Å²) in [6.45, 7) is 3.79. The highest BCUT2D eigenvalue weighted by Crippen LogP contribution is 2.24. The lowest BCUT2D eigenvalue weighted by Gasteiger charge is -2.07. The minimum atomic E-state index is -0.516. The minimum absolute atomic E-state index is 0.0516. The lowest BCUT2D eigenvalue weighted by atomic mass is 10.1. The number of carbonyl (C=O) groups is 1. The molecule has 0 unspecified atom stereocenters. The van der Waals surface area contributed by atoms with Gasteiger partial charge < -0.3 is 0 Å². The molecular weight excluding hydrogens is 232 g/mol. The molecule has 0 aliphatic carbocycles. The van der Waals surface area contributed by atoms with E-state index in [0.29, 0.717) is 11.3 Å². The molecule has 3 nitrogen and oxygen atoms in total. The van der Waals surface area contributed by atoms with Crippen molar-refractivity contribution in [3.63, 3.8) is 0 Å². The number of ketones is 1. The van der Waals surface area contributed by atoms with Crippen LogP contribution in [-0.4, -0.2) is 28.5 Å². The number of Topliss-reactive ketones (excluding diaryl/α,β-unsaturated/α-hetero) is 1. The molecule has 0 bridgehead atoms. The molecule has 0 amide bonds. The van der Waals surface area contributed by atoms with E-state index in [0.717, 1.165) is 5.04 Å². The van der Waals surface area contributed by atoms with Crippen molar-refractivity contribution in [2.75, 3.05) is 6.26 Å². The van der Waals surface area contributed by atoms with E-state index in [1.165, 1.54) is 11.8 Å². The zero-order chi connectivity index (χ0) is 12.5. The second kappa shape index (κ2) is 4.45. The zero-order valence-electron chi connectivity index (χ0n) is 10.1. The first kappa shape index (κ1) is 12.0. The van der Waals surface area contributed by atoms with Crippen LogP contribution in [0.1, 0.15) is 24.2 Å². The van der Waals surface area contributed by atoms with Gasteiger partial charge in [-0.1, -0.05) is 30.3 Å². The molecule has 1 aromatic rings. The second-order valence-electron chi connectivity index (χ2n) is 4.27. The van der Waals surface area contributed by atoms with E-state index in [-0.39, 0.29) is 5.78 Å². The molecule has 2 rings (SSSR count). The van der Waals surface area contributed by atoms with E-state index in [2.05, 4.69) is 9.98 Å². The Hall–Kier alpha value is -1.42. The Morgan fingerprint density at radius 3 is 2.41 bits per heavy atom. The van der Waals surface area contributed by atoms with Gasteiger partial charge in [-0.15, -0.1) is 11.8 Å². The van der Waals surface area contributed by atoms with Crippen LogP contribution in [0.15, 0.2) is 40.3 Å². The molecule has 1 aliphatic heterocycles. The number of hydrogen-bond acceptors (Lipinski definition) is 4. The monoisotopic (exact) mass is 246 g/mol. The number of thioether (sulfide) groups is 1. The molecule has 0 radical (unpaired) electrons. The van der Waals surface area contributed by atoms with Crippen molar-refractivity contribution >= 4 is 28.3 Å². The molecule has 0 saturated carbocycles. The Morgan fingerprint density at radius 2 is 1.82 bits per heavy atom. The Kier molecular flexibility index (Phi) is 3.15. The normalized spacial score (nSPS) is 17.6. The van der Waals surface area contributed by atoms with Crippen LogP contribution in [0.5, 0.6) is 0 Å². The van der Waals surface area contributed by atoms with E-state index in [9.17, 15) is 4.79 Å². The number of carbonyl (C=O) groups excluding carboxylic acids is 1. The molecule has 0 aromatic heterocycles.